The highest BCUT2D eigenvalue weighted by Gasteiger charge is 2.35. The predicted molar refractivity (Wildman–Crippen MR) is 229 cm³/mol. The Kier molecular flexibility index (Phi) is 7.17. The van der Waals surface area contributed by atoms with Crippen LogP contribution < -0.4 is 0 Å². The van der Waals surface area contributed by atoms with Crippen molar-refractivity contribution >= 4 is 32.7 Å². The average molecular weight is 718 g/mol. The zero-order chi connectivity index (χ0) is 37.4. The van der Waals surface area contributed by atoms with Crippen LogP contribution in [-0.4, -0.2) is 15.0 Å². The second-order valence-electron chi connectivity index (χ2n) is 15.2. The van der Waals surface area contributed by atoms with Crippen LogP contribution in [0.5, 0.6) is 0 Å². The van der Waals surface area contributed by atoms with E-state index in [0.717, 1.165) is 60.7 Å². The first-order valence-electron chi connectivity index (χ1n) is 19.1. The van der Waals surface area contributed by atoms with Gasteiger partial charge in [0.25, 0.3) is 0 Å². The van der Waals surface area contributed by atoms with Crippen molar-refractivity contribution in [2.45, 2.75) is 19.3 Å². The Morgan fingerprint density at radius 2 is 0.964 bits per heavy atom. The Labute approximate surface area is 324 Å². The van der Waals surface area contributed by atoms with Gasteiger partial charge in [-0.25, -0.2) is 15.0 Å². The monoisotopic (exact) mass is 717 g/mol. The highest BCUT2D eigenvalue weighted by atomic mass is 16.3. The van der Waals surface area contributed by atoms with Crippen LogP contribution in [0.4, 0.5) is 0 Å². The third-order valence-electron chi connectivity index (χ3n) is 11.5. The zero-order valence-electron chi connectivity index (χ0n) is 31.0. The summed E-state index contributed by atoms with van der Waals surface area (Å²) in [6, 6.07) is 62.0. The molecule has 0 unspecified atom stereocenters. The van der Waals surface area contributed by atoms with E-state index in [2.05, 4.69) is 178 Å². The third kappa shape index (κ3) is 5.18. The van der Waals surface area contributed by atoms with Crippen molar-refractivity contribution in [3.63, 3.8) is 0 Å². The number of hydrogen-bond donors (Lipinski definition) is 0. The van der Waals surface area contributed by atoms with Crippen LogP contribution in [0.15, 0.2) is 180 Å². The topological polar surface area (TPSA) is 51.8 Å². The Bertz CT molecular complexity index is 3180. The van der Waals surface area contributed by atoms with Crippen molar-refractivity contribution in [1.82, 2.24) is 15.0 Å². The van der Waals surface area contributed by atoms with E-state index in [4.69, 9.17) is 19.4 Å². The highest BCUT2D eigenvalue weighted by molar-refractivity contribution is 6.13. The molecule has 0 atom stereocenters. The first-order chi connectivity index (χ1) is 27.5. The molecule has 4 heteroatoms. The molecule has 0 fully saturated rings. The minimum absolute atomic E-state index is 0.0819. The summed E-state index contributed by atoms with van der Waals surface area (Å²) in [5.74, 6) is 1.82. The fourth-order valence-electron chi connectivity index (χ4n) is 8.64. The van der Waals surface area contributed by atoms with Gasteiger partial charge < -0.3 is 4.42 Å². The lowest BCUT2D eigenvalue weighted by Gasteiger charge is -2.22. The second kappa shape index (κ2) is 12.4. The summed E-state index contributed by atoms with van der Waals surface area (Å²) in [6.07, 6.45) is 0. The maximum Gasteiger partial charge on any atom is 0.164 e. The summed E-state index contributed by atoms with van der Waals surface area (Å²) < 4.78 is 6.52. The Balaban J connectivity index is 1.05. The molecule has 0 saturated heterocycles. The normalized spacial score (nSPS) is 13.0. The minimum Gasteiger partial charge on any atom is -0.456 e. The summed E-state index contributed by atoms with van der Waals surface area (Å²) in [5.41, 5.74) is 14.2. The van der Waals surface area contributed by atoms with Gasteiger partial charge in [0.15, 0.2) is 17.5 Å². The Morgan fingerprint density at radius 1 is 0.375 bits per heavy atom. The molecule has 10 aromatic rings. The Hall–Kier alpha value is -7.17. The lowest BCUT2D eigenvalue weighted by Crippen LogP contribution is -2.14. The molecule has 4 nitrogen and oxygen atoms in total. The van der Waals surface area contributed by atoms with Gasteiger partial charge in [-0.1, -0.05) is 153 Å². The molecule has 0 amide bonds. The van der Waals surface area contributed by atoms with Gasteiger partial charge in [0, 0.05) is 32.9 Å². The number of aromatic nitrogens is 3. The van der Waals surface area contributed by atoms with E-state index in [0.29, 0.717) is 17.5 Å². The molecular weight excluding hydrogens is 683 g/mol. The standard InChI is InChI=1S/C52H35N3O/c1-52(2)44-20-9-8-18-41(44)42-26-24-36(30-45(42)52)35-16-10-17-37(29-35)49-53-50(38-23-22-32-12-6-7-15-34(32)28-38)55-51(54-49)39-25-27-43-47(31-39)56-46-21-11-19-40(48(43)46)33-13-4-3-5-14-33/h3-31H,1-2H3. The Morgan fingerprint density at radius 3 is 1.80 bits per heavy atom. The van der Waals surface area contributed by atoms with Crippen molar-refractivity contribution in [3.05, 3.63) is 187 Å². The SMILES string of the molecule is CC1(C)c2ccccc2-c2ccc(-c3cccc(-c4nc(-c5ccc6ccccc6c5)nc(-c5ccc6c(c5)oc5cccc(-c7ccccc7)c56)n4)c3)cc21. The van der Waals surface area contributed by atoms with Crippen molar-refractivity contribution in [2.75, 3.05) is 0 Å². The van der Waals surface area contributed by atoms with E-state index in [1.165, 1.54) is 33.2 Å². The van der Waals surface area contributed by atoms with Crippen molar-refractivity contribution in [1.29, 1.82) is 0 Å². The molecule has 0 N–H and O–H groups in total. The molecule has 1 aliphatic rings. The molecule has 0 aliphatic heterocycles. The molecule has 0 bridgehead atoms. The number of nitrogens with zero attached hydrogens (tertiary/aromatic N) is 3. The van der Waals surface area contributed by atoms with Crippen LogP contribution in [-0.2, 0) is 5.41 Å². The van der Waals surface area contributed by atoms with Crippen LogP contribution >= 0.6 is 0 Å². The van der Waals surface area contributed by atoms with Gasteiger partial charge in [-0.2, -0.15) is 0 Å². The van der Waals surface area contributed by atoms with Crippen LogP contribution in [0.1, 0.15) is 25.0 Å². The number of fused-ring (bicyclic) bond motifs is 7. The molecule has 56 heavy (non-hydrogen) atoms. The van der Waals surface area contributed by atoms with Crippen LogP contribution in [0.25, 0.3) is 100 Å². The highest BCUT2D eigenvalue weighted by Crippen LogP contribution is 2.49. The maximum absolute atomic E-state index is 6.52. The van der Waals surface area contributed by atoms with E-state index in [1.807, 2.05) is 12.1 Å². The van der Waals surface area contributed by atoms with Gasteiger partial charge in [-0.3, -0.25) is 0 Å². The molecule has 0 spiro atoms. The minimum atomic E-state index is -0.0819. The van der Waals surface area contributed by atoms with Crippen LogP contribution in [0.3, 0.4) is 0 Å². The first-order valence-corrected chi connectivity index (χ1v) is 19.1. The third-order valence-corrected chi connectivity index (χ3v) is 11.5. The van der Waals surface area contributed by atoms with Gasteiger partial charge in [0.1, 0.15) is 11.2 Å². The lowest BCUT2D eigenvalue weighted by atomic mass is 9.81. The summed E-state index contributed by atoms with van der Waals surface area (Å²) >= 11 is 0. The van der Waals surface area contributed by atoms with Gasteiger partial charge in [0.05, 0.1) is 0 Å². The molecule has 8 aromatic carbocycles. The van der Waals surface area contributed by atoms with Crippen LogP contribution in [0.2, 0.25) is 0 Å². The molecule has 0 radical (unpaired) electrons. The molecule has 1 aliphatic carbocycles. The maximum atomic E-state index is 6.52. The fourth-order valence-corrected chi connectivity index (χ4v) is 8.64. The summed E-state index contributed by atoms with van der Waals surface area (Å²) in [6.45, 7) is 4.65. The molecule has 2 heterocycles. The van der Waals surface area contributed by atoms with E-state index < -0.39 is 0 Å². The van der Waals surface area contributed by atoms with Gasteiger partial charge in [0.2, 0.25) is 0 Å². The summed E-state index contributed by atoms with van der Waals surface area (Å²) in [7, 11) is 0. The fraction of sp³-hybridized carbons (Fsp3) is 0.0577. The number of furan rings is 1. The van der Waals surface area contributed by atoms with Gasteiger partial charge in [-0.15, -0.1) is 0 Å². The summed E-state index contributed by atoms with van der Waals surface area (Å²) in [5, 5.41) is 4.46. The second-order valence-corrected chi connectivity index (χ2v) is 15.2. The molecular formula is C52H35N3O. The number of benzene rings is 8. The molecule has 2 aromatic heterocycles. The molecule has 264 valence electrons. The first kappa shape index (κ1) is 32.3. The molecule has 11 rings (SSSR count). The van der Waals surface area contributed by atoms with Crippen molar-refractivity contribution < 1.29 is 4.42 Å². The van der Waals surface area contributed by atoms with Crippen molar-refractivity contribution in [3.8, 4) is 67.5 Å². The van der Waals surface area contributed by atoms with E-state index >= 15 is 0 Å². The number of hydrogen-bond acceptors (Lipinski definition) is 4. The van der Waals surface area contributed by atoms with Gasteiger partial charge >= 0.3 is 0 Å². The summed E-state index contributed by atoms with van der Waals surface area (Å²) in [4.78, 5) is 15.4. The number of rotatable bonds is 5. The van der Waals surface area contributed by atoms with E-state index in [-0.39, 0.29) is 5.41 Å². The van der Waals surface area contributed by atoms with Gasteiger partial charge in [-0.05, 0) is 91.7 Å². The predicted octanol–water partition coefficient (Wildman–Crippen LogP) is 13.6. The average Bonchev–Trinajstić information content (AvgIpc) is 3.75. The van der Waals surface area contributed by atoms with E-state index in [9.17, 15) is 0 Å². The van der Waals surface area contributed by atoms with E-state index in [1.54, 1.807) is 0 Å². The lowest BCUT2D eigenvalue weighted by molar-refractivity contribution is 0.660. The smallest absolute Gasteiger partial charge is 0.164 e. The quantitative estimate of drug-likeness (QED) is 0.178. The van der Waals surface area contributed by atoms with Crippen LogP contribution in [0, 0.1) is 0 Å². The zero-order valence-corrected chi connectivity index (χ0v) is 31.0. The van der Waals surface area contributed by atoms with Crippen molar-refractivity contribution in [2.24, 2.45) is 0 Å². The largest absolute Gasteiger partial charge is 0.456 e. The molecule has 0 saturated carbocycles.